The van der Waals surface area contributed by atoms with Crippen LogP contribution in [0.4, 0.5) is 20.2 Å². The summed E-state index contributed by atoms with van der Waals surface area (Å²) in [6.07, 6.45) is 4.40. The number of nitrogens with zero attached hydrogens (tertiary/aromatic N) is 9. The van der Waals surface area contributed by atoms with Gasteiger partial charge in [-0.25, -0.2) is 23.1 Å². The summed E-state index contributed by atoms with van der Waals surface area (Å²) in [6.45, 7) is 1.72. The number of carbonyl (C=O) groups is 4. The van der Waals surface area contributed by atoms with Gasteiger partial charge in [0.15, 0.2) is 11.3 Å². The van der Waals surface area contributed by atoms with E-state index in [1.807, 2.05) is 12.1 Å². The maximum atomic E-state index is 14.0. The summed E-state index contributed by atoms with van der Waals surface area (Å²) in [5, 5.41) is 24.5. The molecule has 1 aliphatic carbocycles. The van der Waals surface area contributed by atoms with Gasteiger partial charge in [-0.15, -0.1) is 0 Å². The van der Waals surface area contributed by atoms with Gasteiger partial charge in [-0.3, -0.25) is 38.3 Å². The molecule has 0 radical (unpaired) electrons. The van der Waals surface area contributed by atoms with Crippen LogP contribution >= 0.6 is 0 Å². The van der Waals surface area contributed by atoms with E-state index in [1.54, 1.807) is 30.3 Å². The number of hydrogen-bond donors (Lipinski definition) is 3. The van der Waals surface area contributed by atoms with Gasteiger partial charge in [0.25, 0.3) is 12.3 Å². The van der Waals surface area contributed by atoms with Gasteiger partial charge in [0.1, 0.15) is 11.6 Å². The first-order valence-electron chi connectivity index (χ1n) is 18.2. The number of fused-ring (bicyclic) bond motifs is 2. The molecule has 4 aromatic heterocycles. The molecule has 0 bridgehead atoms. The molecule has 4 amide bonds. The highest BCUT2D eigenvalue weighted by molar-refractivity contribution is 6.08. The van der Waals surface area contributed by atoms with Crippen LogP contribution in [0.3, 0.4) is 0 Å². The van der Waals surface area contributed by atoms with Crippen LogP contribution in [0.15, 0.2) is 53.8 Å². The number of carbonyl (C=O) groups excluding carboxylic acids is 4. The molecular weight excluding hydrogens is 720 g/mol. The number of nitrogens with one attached hydrogen (secondary N) is 2. The Bertz CT molecular complexity index is 2380. The number of amides is 4. The number of rotatable bonds is 8. The van der Waals surface area contributed by atoms with Crippen molar-refractivity contribution in [1.82, 2.24) is 43.7 Å². The largest absolute Gasteiger partial charge is 0.389 e. The SMILES string of the molecule is Cn1c(=O)n(C2CCC(=O)NC2=O)c2cccc(N3CCN(C(=O)C[C@]4(O)CC[C@@H](n5cc(NC(=O)c6cnn7cccnc67)c(C(F)F)n5)CC4)CC3)c21. The van der Waals surface area contributed by atoms with Crippen LogP contribution in [0.2, 0.25) is 0 Å². The Hall–Kier alpha value is -5.98. The van der Waals surface area contributed by atoms with Crippen LogP contribution in [0.5, 0.6) is 0 Å². The summed E-state index contributed by atoms with van der Waals surface area (Å²) >= 11 is 0. The maximum Gasteiger partial charge on any atom is 0.329 e. The van der Waals surface area contributed by atoms with E-state index in [0.29, 0.717) is 50.1 Å². The quantitative estimate of drug-likeness (QED) is 0.198. The number of hydrogen-bond acceptors (Lipinski definition) is 10. The Morgan fingerprint density at radius 3 is 2.56 bits per heavy atom. The van der Waals surface area contributed by atoms with Gasteiger partial charge in [0.05, 0.1) is 46.7 Å². The maximum absolute atomic E-state index is 14.0. The predicted molar refractivity (Wildman–Crippen MR) is 193 cm³/mol. The lowest BCUT2D eigenvalue weighted by Gasteiger charge is -2.40. The highest BCUT2D eigenvalue weighted by atomic mass is 19.3. The molecule has 17 nitrogen and oxygen atoms in total. The third-order valence-electron chi connectivity index (χ3n) is 11.1. The fourth-order valence-corrected chi connectivity index (χ4v) is 8.10. The van der Waals surface area contributed by atoms with Crippen LogP contribution in [-0.2, 0) is 21.4 Å². The molecule has 6 heterocycles. The van der Waals surface area contributed by atoms with E-state index in [-0.39, 0.29) is 72.5 Å². The molecule has 3 fully saturated rings. The molecule has 19 heteroatoms. The molecule has 3 N–H and O–H groups in total. The van der Waals surface area contributed by atoms with E-state index < -0.39 is 35.6 Å². The topological polar surface area (TPSA) is 194 Å². The molecule has 2 saturated heterocycles. The summed E-state index contributed by atoms with van der Waals surface area (Å²) in [5.41, 5.74) is 0.0792. The number of alkyl halides is 2. The number of aliphatic hydroxyl groups is 1. The van der Waals surface area contributed by atoms with E-state index in [0.717, 1.165) is 5.69 Å². The van der Waals surface area contributed by atoms with Crippen LogP contribution in [0.1, 0.15) is 79.5 Å². The standard InChI is InChI=1S/C36H39F2N11O6/c1-44-30-24(4-2-5-25(30)49(35(44)54)26-6-7-27(50)42-34(26)53)45-14-16-46(17-15-45)28(51)18-36(55)10-8-21(9-11-36)48-20-23(29(43-48)31(37)38)41-33(52)22-19-40-47-13-3-12-39-32(22)47/h2-5,12-13,19-21,26,31,55H,6-11,14-18H2,1H3,(H,41,52)(H,42,50,53)/t21-,26?,36+. The molecule has 1 atom stereocenters. The van der Waals surface area contributed by atoms with Crippen molar-refractivity contribution in [3.63, 3.8) is 0 Å². The fourth-order valence-electron chi connectivity index (χ4n) is 8.10. The monoisotopic (exact) mass is 759 g/mol. The van der Waals surface area contributed by atoms with Gasteiger partial charge in [-0.05, 0) is 50.3 Å². The first-order valence-corrected chi connectivity index (χ1v) is 18.2. The van der Waals surface area contributed by atoms with E-state index in [2.05, 4.69) is 30.7 Å². The molecule has 0 spiro atoms. The van der Waals surface area contributed by atoms with Crippen molar-refractivity contribution >= 4 is 51.7 Å². The Morgan fingerprint density at radius 2 is 1.84 bits per heavy atom. The number of aromatic nitrogens is 7. The Labute approximate surface area is 311 Å². The summed E-state index contributed by atoms with van der Waals surface area (Å²) in [6, 6.07) is 6.01. The lowest BCUT2D eigenvalue weighted by molar-refractivity contribution is -0.139. The van der Waals surface area contributed by atoms with E-state index in [9.17, 15) is 37.9 Å². The first-order chi connectivity index (χ1) is 26.4. The van der Waals surface area contributed by atoms with Crippen molar-refractivity contribution in [2.45, 2.75) is 69.1 Å². The molecule has 5 aromatic rings. The van der Waals surface area contributed by atoms with E-state index in [1.165, 1.54) is 36.9 Å². The highest BCUT2D eigenvalue weighted by Gasteiger charge is 2.39. The van der Waals surface area contributed by atoms with Gasteiger partial charge in [0.2, 0.25) is 17.7 Å². The second-order valence-corrected chi connectivity index (χ2v) is 14.4. The van der Waals surface area contributed by atoms with Crippen molar-refractivity contribution in [1.29, 1.82) is 0 Å². The van der Waals surface area contributed by atoms with Crippen molar-refractivity contribution in [2.24, 2.45) is 7.05 Å². The molecule has 1 unspecified atom stereocenters. The van der Waals surface area contributed by atoms with Crippen molar-refractivity contribution in [2.75, 3.05) is 36.4 Å². The molecule has 1 saturated carbocycles. The van der Waals surface area contributed by atoms with Crippen LogP contribution in [-0.4, -0.2) is 98.9 Å². The number of halogens is 2. The van der Waals surface area contributed by atoms with Gasteiger partial charge >= 0.3 is 5.69 Å². The van der Waals surface area contributed by atoms with E-state index in [4.69, 9.17) is 0 Å². The smallest absolute Gasteiger partial charge is 0.329 e. The average molecular weight is 760 g/mol. The van der Waals surface area contributed by atoms with Gasteiger partial charge < -0.3 is 20.2 Å². The molecule has 8 rings (SSSR count). The number of para-hydroxylation sites is 1. The molecule has 2 aliphatic heterocycles. The molecule has 3 aliphatic rings. The molecule has 288 valence electrons. The third-order valence-corrected chi connectivity index (χ3v) is 11.1. The Morgan fingerprint density at radius 1 is 1.07 bits per heavy atom. The highest BCUT2D eigenvalue weighted by Crippen LogP contribution is 2.39. The number of aryl methyl sites for hydroxylation is 1. The number of benzene rings is 1. The minimum atomic E-state index is -2.95. The van der Waals surface area contributed by atoms with Crippen LogP contribution < -0.4 is 21.2 Å². The van der Waals surface area contributed by atoms with Crippen molar-refractivity contribution in [3.8, 4) is 0 Å². The minimum Gasteiger partial charge on any atom is -0.389 e. The lowest BCUT2D eigenvalue weighted by Crippen LogP contribution is -2.51. The summed E-state index contributed by atoms with van der Waals surface area (Å²) in [7, 11) is 1.65. The second kappa shape index (κ2) is 14.0. The summed E-state index contributed by atoms with van der Waals surface area (Å²) in [5.74, 6) is -1.71. The van der Waals surface area contributed by atoms with Gasteiger partial charge in [0, 0.05) is 58.2 Å². The summed E-state index contributed by atoms with van der Waals surface area (Å²) in [4.78, 5) is 72.2. The fraction of sp³-hybridized carbons (Fsp3) is 0.444. The summed E-state index contributed by atoms with van der Waals surface area (Å²) < 4.78 is 33.8. The minimum absolute atomic E-state index is 0.0883. The number of piperidine rings is 1. The number of imidazole rings is 1. The Kier molecular flexibility index (Phi) is 9.18. The molecular formula is C36H39F2N11O6. The number of anilines is 2. The van der Waals surface area contributed by atoms with E-state index >= 15 is 0 Å². The zero-order chi connectivity index (χ0) is 38.6. The van der Waals surface area contributed by atoms with Crippen LogP contribution in [0.25, 0.3) is 16.7 Å². The molecule has 55 heavy (non-hydrogen) atoms. The molecule has 1 aromatic carbocycles. The van der Waals surface area contributed by atoms with Gasteiger partial charge in [-0.2, -0.15) is 10.2 Å². The van der Waals surface area contributed by atoms with Crippen molar-refractivity contribution < 1.29 is 33.1 Å². The average Bonchev–Trinajstić information content (AvgIpc) is 3.86. The predicted octanol–water partition coefficient (Wildman–Crippen LogP) is 2.33. The number of piperazine rings is 1. The first kappa shape index (κ1) is 36.0. The van der Waals surface area contributed by atoms with Crippen molar-refractivity contribution in [3.05, 3.63) is 70.8 Å². The third kappa shape index (κ3) is 6.61. The second-order valence-electron chi connectivity index (χ2n) is 14.4. The zero-order valence-electron chi connectivity index (χ0n) is 29.9. The van der Waals surface area contributed by atoms with Crippen LogP contribution in [0, 0.1) is 0 Å². The van der Waals surface area contributed by atoms with Gasteiger partial charge in [-0.1, -0.05) is 6.07 Å². The number of imide groups is 1. The zero-order valence-corrected chi connectivity index (χ0v) is 29.9. The lowest BCUT2D eigenvalue weighted by atomic mass is 9.80. The Balaban J connectivity index is 0.887. The normalized spacial score (nSPS) is 22.1.